The van der Waals surface area contributed by atoms with E-state index in [1.54, 1.807) is 0 Å². The zero-order valence-electron chi connectivity index (χ0n) is 10.3. The Kier molecular flexibility index (Phi) is 3.20. The third-order valence-electron chi connectivity index (χ3n) is 4.71. The van der Waals surface area contributed by atoms with E-state index in [9.17, 15) is 9.90 Å². The monoisotopic (exact) mass is 222 g/mol. The van der Waals surface area contributed by atoms with E-state index >= 15 is 0 Å². The molecule has 1 saturated carbocycles. The van der Waals surface area contributed by atoms with Gasteiger partial charge in [-0.1, -0.05) is 25.5 Å². The quantitative estimate of drug-likeness (QED) is 0.589. The Morgan fingerprint density at radius 2 is 2.44 bits per heavy atom. The zero-order chi connectivity index (χ0) is 11.8. The molecule has 0 heterocycles. The summed E-state index contributed by atoms with van der Waals surface area (Å²) in [6.07, 6.45) is 8.00. The molecule has 2 aliphatic carbocycles. The van der Waals surface area contributed by atoms with Crippen molar-refractivity contribution in [2.45, 2.75) is 52.1 Å². The van der Waals surface area contributed by atoms with Gasteiger partial charge in [0.25, 0.3) is 0 Å². The minimum absolute atomic E-state index is 0.143. The van der Waals surface area contributed by atoms with E-state index in [2.05, 4.69) is 19.9 Å². The number of aldehydes is 1. The highest BCUT2D eigenvalue weighted by molar-refractivity contribution is 5.51. The van der Waals surface area contributed by atoms with Gasteiger partial charge in [0.15, 0.2) is 0 Å². The molecule has 2 heteroatoms. The van der Waals surface area contributed by atoms with E-state index < -0.39 is 0 Å². The van der Waals surface area contributed by atoms with E-state index in [4.69, 9.17) is 0 Å². The van der Waals surface area contributed by atoms with E-state index in [1.807, 2.05) is 0 Å². The van der Waals surface area contributed by atoms with Crippen LogP contribution in [0.2, 0.25) is 0 Å². The highest BCUT2D eigenvalue weighted by atomic mass is 16.3. The highest BCUT2D eigenvalue weighted by Crippen LogP contribution is 2.54. The normalized spacial score (nSPS) is 40.1. The van der Waals surface area contributed by atoms with Gasteiger partial charge < -0.3 is 9.90 Å². The van der Waals surface area contributed by atoms with Gasteiger partial charge in [-0.05, 0) is 42.9 Å². The highest BCUT2D eigenvalue weighted by Gasteiger charge is 2.47. The Labute approximate surface area is 97.7 Å². The number of fused-ring (bicyclic) bond motifs is 1. The first-order valence-electron chi connectivity index (χ1n) is 6.42. The van der Waals surface area contributed by atoms with Gasteiger partial charge in [-0.15, -0.1) is 0 Å². The number of hydrogen-bond donors (Lipinski definition) is 1. The maximum absolute atomic E-state index is 10.6. The van der Waals surface area contributed by atoms with Crippen molar-refractivity contribution in [2.75, 3.05) is 0 Å². The molecule has 0 aromatic rings. The second-order valence-corrected chi connectivity index (χ2v) is 5.68. The van der Waals surface area contributed by atoms with Crippen molar-refractivity contribution in [3.05, 3.63) is 11.6 Å². The molecule has 1 fully saturated rings. The SMILES string of the molecule is CC(CC=O)C1=CCC2[C@@H](O)CCC[C@]12C. The average molecular weight is 222 g/mol. The summed E-state index contributed by atoms with van der Waals surface area (Å²) in [4.78, 5) is 10.6. The second-order valence-electron chi connectivity index (χ2n) is 5.68. The topological polar surface area (TPSA) is 37.3 Å². The second kappa shape index (κ2) is 4.33. The van der Waals surface area contributed by atoms with E-state index in [1.165, 1.54) is 12.0 Å². The standard InChI is InChI=1S/C14H22O2/c1-10(7-9-15)11-5-6-12-13(16)4-3-8-14(11,12)2/h5,9-10,12-13,16H,3-4,6-8H2,1-2H3/t10?,12?,13-,14+/m0/s1. The molecular formula is C14H22O2. The summed E-state index contributed by atoms with van der Waals surface area (Å²) in [5.41, 5.74) is 1.57. The molecule has 0 amide bonds. The van der Waals surface area contributed by atoms with Crippen LogP contribution in [0.15, 0.2) is 11.6 Å². The van der Waals surface area contributed by atoms with Gasteiger partial charge in [0, 0.05) is 6.42 Å². The third kappa shape index (κ3) is 1.73. The van der Waals surface area contributed by atoms with E-state index in [-0.39, 0.29) is 11.5 Å². The average Bonchev–Trinajstić information content (AvgIpc) is 2.57. The largest absolute Gasteiger partial charge is 0.393 e. The molecule has 0 saturated heterocycles. The Bertz CT molecular complexity index is 308. The fraction of sp³-hybridized carbons (Fsp3) is 0.786. The van der Waals surface area contributed by atoms with Gasteiger partial charge in [0.2, 0.25) is 0 Å². The molecule has 2 rings (SSSR count). The van der Waals surface area contributed by atoms with Crippen LogP contribution in [0.25, 0.3) is 0 Å². The summed E-state index contributed by atoms with van der Waals surface area (Å²) in [5, 5.41) is 10.1. The Morgan fingerprint density at radius 3 is 3.12 bits per heavy atom. The van der Waals surface area contributed by atoms with Gasteiger partial charge in [-0.3, -0.25) is 0 Å². The van der Waals surface area contributed by atoms with Crippen LogP contribution in [-0.4, -0.2) is 17.5 Å². The molecule has 0 bridgehead atoms. The van der Waals surface area contributed by atoms with Gasteiger partial charge in [0.05, 0.1) is 6.10 Å². The lowest BCUT2D eigenvalue weighted by atomic mass is 9.63. The Hall–Kier alpha value is -0.630. The molecule has 0 aliphatic heterocycles. The van der Waals surface area contributed by atoms with Gasteiger partial charge in [-0.2, -0.15) is 0 Å². The first-order chi connectivity index (χ1) is 7.59. The van der Waals surface area contributed by atoms with Crippen molar-refractivity contribution in [1.82, 2.24) is 0 Å². The molecule has 1 N–H and O–H groups in total. The molecule has 0 radical (unpaired) electrons. The Balaban J connectivity index is 2.19. The lowest BCUT2D eigenvalue weighted by Gasteiger charge is -2.43. The minimum Gasteiger partial charge on any atom is -0.393 e. The minimum atomic E-state index is -0.143. The number of aliphatic hydroxyl groups excluding tert-OH is 1. The predicted molar refractivity (Wildman–Crippen MR) is 64.0 cm³/mol. The van der Waals surface area contributed by atoms with Crippen molar-refractivity contribution in [3.63, 3.8) is 0 Å². The Morgan fingerprint density at radius 1 is 1.69 bits per heavy atom. The molecule has 0 aromatic carbocycles. The molecule has 90 valence electrons. The molecule has 2 aliphatic rings. The molecule has 16 heavy (non-hydrogen) atoms. The lowest BCUT2D eigenvalue weighted by molar-refractivity contribution is -0.108. The van der Waals surface area contributed by atoms with E-state index in [0.717, 1.165) is 25.5 Å². The third-order valence-corrected chi connectivity index (χ3v) is 4.71. The van der Waals surface area contributed by atoms with Crippen LogP contribution in [0.3, 0.4) is 0 Å². The summed E-state index contributed by atoms with van der Waals surface area (Å²) in [5.74, 6) is 0.739. The van der Waals surface area contributed by atoms with Crippen LogP contribution < -0.4 is 0 Å². The van der Waals surface area contributed by atoms with E-state index in [0.29, 0.717) is 18.3 Å². The van der Waals surface area contributed by atoms with Crippen LogP contribution in [0.5, 0.6) is 0 Å². The van der Waals surface area contributed by atoms with Crippen molar-refractivity contribution < 1.29 is 9.90 Å². The summed E-state index contributed by atoms with van der Waals surface area (Å²) in [7, 11) is 0. The fourth-order valence-electron chi connectivity index (χ4n) is 3.79. The summed E-state index contributed by atoms with van der Waals surface area (Å²) < 4.78 is 0. The molecule has 0 aromatic heterocycles. The predicted octanol–water partition coefficient (Wildman–Crippen LogP) is 2.71. The maximum Gasteiger partial charge on any atom is 0.120 e. The zero-order valence-corrected chi connectivity index (χ0v) is 10.3. The smallest absolute Gasteiger partial charge is 0.120 e. The van der Waals surface area contributed by atoms with Crippen LogP contribution in [-0.2, 0) is 4.79 Å². The number of allylic oxidation sites excluding steroid dienone is 2. The molecule has 0 spiro atoms. The number of carbonyl (C=O) groups is 1. The van der Waals surface area contributed by atoms with Crippen molar-refractivity contribution >= 4 is 6.29 Å². The summed E-state index contributed by atoms with van der Waals surface area (Å²) in [6, 6.07) is 0. The summed E-state index contributed by atoms with van der Waals surface area (Å²) >= 11 is 0. The number of carbonyl (C=O) groups excluding carboxylic acids is 1. The summed E-state index contributed by atoms with van der Waals surface area (Å²) in [6.45, 7) is 4.41. The van der Waals surface area contributed by atoms with Crippen LogP contribution in [0.1, 0.15) is 46.0 Å². The molecular weight excluding hydrogens is 200 g/mol. The van der Waals surface area contributed by atoms with Gasteiger partial charge in [0.1, 0.15) is 6.29 Å². The number of aliphatic hydroxyl groups is 1. The maximum atomic E-state index is 10.6. The first-order valence-corrected chi connectivity index (χ1v) is 6.42. The molecule has 2 nitrogen and oxygen atoms in total. The lowest BCUT2D eigenvalue weighted by Crippen LogP contribution is -2.39. The number of rotatable bonds is 3. The fourth-order valence-corrected chi connectivity index (χ4v) is 3.79. The van der Waals surface area contributed by atoms with Crippen molar-refractivity contribution in [3.8, 4) is 0 Å². The van der Waals surface area contributed by atoms with Crippen LogP contribution in [0, 0.1) is 17.3 Å². The van der Waals surface area contributed by atoms with Crippen molar-refractivity contribution in [1.29, 1.82) is 0 Å². The van der Waals surface area contributed by atoms with Crippen LogP contribution in [0.4, 0.5) is 0 Å². The molecule has 2 unspecified atom stereocenters. The number of hydrogen-bond acceptors (Lipinski definition) is 2. The van der Waals surface area contributed by atoms with Crippen molar-refractivity contribution in [2.24, 2.45) is 17.3 Å². The van der Waals surface area contributed by atoms with Gasteiger partial charge >= 0.3 is 0 Å². The van der Waals surface area contributed by atoms with Crippen LogP contribution >= 0.6 is 0 Å². The molecule has 4 atom stereocenters. The van der Waals surface area contributed by atoms with Gasteiger partial charge in [-0.25, -0.2) is 0 Å². The first kappa shape index (κ1) is 11.8.